The smallest absolute Gasteiger partial charge is 0.483 e. The number of carbonyl (C=O) groups excluding carboxylic acids is 1. The number of ether oxygens (including phenoxy) is 2. The Hall–Kier alpha value is -3.82. The summed E-state index contributed by atoms with van der Waals surface area (Å²) in [6.07, 6.45) is 0.341. The molecule has 1 saturated heterocycles. The third kappa shape index (κ3) is 7.58. The van der Waals surface area contributed by atoms with Gasteiger partial charge in [-0.3, -0.25) is 4.90 Å². The van der Waals surface area contributed by atoms with Crippen molar-refractivity contribution in [2.75, 3.05) is 38.2 Å². The van der Waals surface area contributed by atoms with Gasteiger partial charge in [0.05, 0.1) is 5.92 Å². The van der Waals surface area contributed by atoms with Crippen LogP contribution < -0.4 is 9.64 Å². The number of anilines is 1. The highest BCUT2D eigenvalue weighted by Crippen LogP contribution is 2.23. The van der Waals surface area contributed by atoms with Crippen LogP contribution in [-0.2, 0) is 17.9 Å². The van der Waals surface area contributed by atoms with E-state index in [4.69, 9.17) is 9.47 Å². The molecule has 3 aromatic carbocycles. The van der Waals surface area contributed by atoms with Gasteiger partial charge < -0.3 is 19.2 Å². The number of hydrogen-bond acceptors (Lipinski definition) is 4. The predicted octanol–water partition coefficient (Wildman–Crippen LogP) is 5.37. The lowest BCUT2D eigenvalue weighted by atomic mass is 9.96. The average molecular weight is 502 g/mol. The highest BCUT2D eigenvalue weighted by atomic mass is 19.1. The molecule has 1 aliphatic heterocycles. The SMILES string of the molecule is CC#C[C@@H](CC(=[OH+])OC)c1ccc(OCc2ccc(CN3CCN(c4ccc(F)cc4)CC3)cc2)cc1. The Bertz CT molecular complexity index is 1210. The van der Waals surface area contributed by atoms with E-state index >= 15 is 0 Å². The fraction of sp³-hybridized carbons (Fsp3) is 0.323. The average Bonchev–Trinajstić information content (AvgIpc) is 2.93. The first kappa shape index (κ1) is 26.2. The van der Waals surface area contributed by atoms with E-state index in [1.807, 2.05) is 36.4 Å². The van der Waals surface area contributed by atoms with Crippen molar-refractivity contribution >= 4 is 11.7 Å². The van der Waals surface area contributed by atoms with Crippen molar-refractivity contribution in [2.24, 2.45) is 0 Å². The van der Waals surface area contributed by atoms with E-state index in [0.717, 1.165) is 55.3 Å². The summed E-state index contributed by atoms with van der Waals surface area (Å²) in [4.78, 5) is 14.5. The molecule has 5 nitrogen and oxygen atoms in total. The molecule has 4 rings (SSSR count). The summed E-state index contributed by atoms with van der Waals surface area (Å²) >= 11 is 0. The normalized spacial score (nSPS) is 14.4. The van der Waals surface area contributed by atoms with Crippen molar-refractivity contribution in [3.05, 3.63) is 95.3 Å². The number of methoxy groups -OCH3 is 1. The van der Waals surface area contributed by atoms with Gasteiger partial charge in [0, 0.05) is 38.4 Å². The maximum Gasteiger partial charge on any atom is 0.483 e. The summed E-state index contributed by atoms with van der Waals surface area (Å²) in [6, 6.07) is 23.2. The topological polar surface area (TPSA) is 46.3 Å². The molecular weight excluding hydrogens is 467 g/mol. The number of benzene rings is 3. The lowest BCUT2D eigenvalue weighted by Gasteiger charge is -2.36. The summed E-state index contributed by atoms with van der Waals surface area (Å²) < 4.78 is 24.1. The van der Waals surface area contributed by atoms with Crippen LogP contribution in [0.3, 0.4) is 0 Å². The van der Waals surface area contributed by atoms with Gasteiger partial charge in [0.25, 0.3) is 0 Å². The molecule has 0 spiro atoms. The minimum atomic E-state index is -0.195. The molecule has 1 N–H and O–H groups in total. The number of piperazine rings is 1. The third-order valence-electron chi connectivity index (χ3n) is 6.61. The molecular formula is C31H34FN2O3+. The maximum absolute atomic E-state index is 13.2. The highest BCUT2D eigenvalue weighted by Gasteiger charge is 2.19. The summed E-state index contributed by atoms with van der Waals surface area (Å²) in [6.45, 7) is 7.03. The van der Waals surface area contributed by atoms with Crippen LogP contribution in [0.25, 0.3) is 0 Å². The summed E-state index contributed by atoms with van der Waals surface area (Å²) in [5, 5.41) is 0. The second kappa shape index (κ2) is 12.9. The van der Waals surface area contributed by atoms with Crippen LogP contribution in [0, 0.1) is 17.7 Å². The van der Waals surface area contributed by atoms with Gasteiger partial charge in [-0.05, 0) is 60.0 Å². The zero-order valence-corrected chi connectivity index (χ0v) is 21.5. The number of esters is 1. The van der Waals surface area contributed by atoms with E-state index in [0.29, 0.717) is 13.0 Å². The van der Waals surface area contributed by atoms with Crippen LogP contribution in [-0.4, -0.2) is 49.0 Å². The Morgan fingerprint density at radius 2 is 1.57 bits per heavy atom. The van der Waals surface area contributed by atoms with Crippen LogP contribution in [0.15, 0.2) is 72.8 Å². The van der Waals surface area contributed by atoms with Gasteiger partial charge in [0.1, 0.15) is 24.6 Å². The van der Waals surface area contributed by atoms with Crippen LogP contribution >= 0.6 is 0 Å². The molecule has 1 atom stereocenters. The lowest BCUT2D eigenvalue weighted by molar-refractivity contribution is 0.250. The Kier molecular flexibility index (Phi) is 9.18. The van der Waals surface area contributed by atoms with Gasteiger partial charge in [-0.1, -0.05) is 42.3 Å². The first-order chi connectivity index (χ1) is 18.0. The zero-order chi connectivity index (χ0) is 26.0. The quantitative estimate of drug-likeness (QED) is 0.225. The van der Waals surface area contributed by atoms with Gasteiger partial charge in [0.2, 0.25) is 0 Å². The Morgan fingerprint density at radius 1 is 0.919 bits per heavy atom. The Labute approximate surface area is 218 Å². The molecule has 0 unspecified atom stereocenters. The van der Waals surface area contributed by atoms with E-state index < -0.39 is 0 Å². The van der Waals surface area contributed by atoms with Crippen LogP contribution in [0.4, 0.5) is 10.1 Å². The number of rotatable bonds is 9. The highest BCUT2D eigenvalue weighted by molar-refractivity contribution is 5.72. The predicted molar refractivity (Wildman–Crippen MR) is 146 cm³/mol. The lowest BCUT2D eigenvalue weighted by Crippen LogP contribution is -2.45. The van der Waals surface area contributed by atoms with Gasteiger partial charge in [-0.25, -0.2) is 4.39 Å². The second-order valence-corrected chi connectivity index (χ2v) is 9.16. The van der Waals surface area contributed by atoms with Gasteiger partial charge in [-0.15, -0.1) is 5.92 Å². The molecule has 0 bridgehead atoms. The fourth-order valence-corrected chi connectivity index (χ4v) is 4.46. The van der Waals surface area contributed by atoms with Gasteiger partial charge in [0.15, 0.2) is 7.11 Å². The zero-order valence-electron chi connectivity index (χ0n) is 21.5. The summed E-state index contributed by atoms with van der Waals surface area (Å²) in [5.74, 6) is 6.48. The van der Waals surface area contributed by atoms with Crippen molar-refractivity contribution in [1.29, 1.82) is 0 Å². The van der Waals surface area contributed by atoms with Gasteiger partial charge >= 0.3 is 5.97 Å². The Morgan fingerprint density at radius 3 is 2.19 bits per heavy atom. The summed E-state index contributed by atoms with van der Waals surface area (Å²) in [7, 11) is 1.45. The maximum atomic E-state index is 13.2. The van der Waals surface area contributed by atoms with E-state index in [9.17, 15) is 9.18 Å². The molecule has 0 amide bonds. The molecule has 3 aromatic rings. The molecule has 1 heterocycles. The monoisotopic (exact) mass is 501 g/mol. The molecule has 0 aliphatic carbocycles. The molecule has 0 aromatic heterocycles. The molecule has 0 saturated carbocycles. The van der Waals surface area contributed by atoms with E-state index in [1.54, 1.807) is 6.92 Å². The van der Waals surface area contributed by atoms with E-state index in [2.05, 4.69) is 45.9 Å². The molecule has 37 heavy (non-hydrogen) atoms. The number of hydrogen-bond donors (Lipinski definition) is 0. The van der Waals surface area contributed by atoms with Crippen molar-refractivity contribution in [3.8, 4) is 17.6 Å². The van der Waals surface area contributed by atoms with Crippen LogP contribution in [0.5, 0.6) is 5.75 Å². The minimum absolute atomic E-state index is 0.0243. The largest absolute Gasteiger partial charge is 0.489 e. The van der Waals surface area contributed by atoms with E-state index in [-0.39, 0.29) is 17.7 Å². The van der Waals surface area contributed by atoms with Crippen molar-refractivity contribution in [2.45, 2.75) is 32.4 Å². The van der Waals surface area contributed by atoms with Gasteiger partial charge in [-0.2, -0.15) is 0 Å². The number of nitrogens with zero attached hydrogens (tertiary/aromatic N) is 2. The van der Waals surface area contributed by atoms with Crippen LogP contribution in [0.2, 0.25) is 0 Å². The standard InChI is InChI=1S/C31H33FN2O3/c1-3-4-27(21-31(35)36-2)26-9-15-30(16-10-26)37-23-25-7-5-24(6-8-25)22-33-17-19-34(20-18-33)29-13-11-28(32)12-14-29/h5-16,27H,17-23H2,1-2H3/p+1/t27-/m0/s1. The first-order valence-corrected chi connectivity index (χ1v) is 12.6. The molecule has 0 radical (unpaired) electrons. The second-order valence-electron chi connectivity index (χ2n) is 9.16. The van der Waals surface area contributed by atoms with Crippen molar-refractivity contribution in [3.63, 3.8) is 0 Å². The van der Waals surface area contributed by atoms with Crippen molar-refractivity contribution in [1.82, 2.24) is 4.90 Å². The van der Waals surface area contributed by atoms with E-state index in [1.165, 1.54) is 24.8 Å². The Balaban J connectivity index is 1.24. The van der Waals surface area contributed by atoms with Crippen LogP contribution in [0.1, 0.15) is 36.0 Å². The number of halogens is 1. The molecule has 1 aliphatic rings. The third-order valence-corrected chi connectivity index (χ3v) is 6.61. The molecule has 192 valence electrons. The molecule has 6 heteroatoms. The summed E-state index contributed by atoms with van der Waals surface area (Å²) in [5.41, 5.74) is 4.48. The van der Waals surface area contributed by atoms with Crippen molar-refractivity contribution < 1.29 is 18.7 Å². The minimum Gasteiger partial charge on any atom is -0.489 e. The first-order valence-electron chi connectivity index (χ1n) is 12.6. The molecule has 1 fully saturated rings. The fourth-order valence-electron chi connectivity index (χ4n) is 4.46.